The molecule has 3 N–H and O–H groups in total. The number of halogens is 1. The number of guanidine groups is 1. The van der Waals surface area contributed by atoms with Gasteiger partial charge in [0.15, 0.2) is 5.96 Å². The Kier molecular flexibility index (Phi) is 11.0. The van der Waals surface area contributed by atoms with Crippen molar-refractivity contribution in [1.29, 1.82) is 0 Å². The van der Waals surface area contributed by atoms with Crippen molar-refractivity contribution in [3.8, 4) is 5.75 Å². The Labute approximate surface area is 194 Å². The van der Waals surface area contributed by atoms with Gasteiger partial charge in [-0.3, -0.25) is 9.79 Å². The van der Waals surface area contributed by atoms with Crippen molar-refractivity contribution in [2.45, 2.75) is 26.2 Å². The standard InChI is InChI=1S/C21H30N4O2S.HI/c1-5-22-20(25-15-21(2,3)18-7-6-14-28-18)24-13-12-23-19(26)16-8-10-17(27-4)11-9-16;/h6-11,14H,5,12-13,15H2,1-4H3,(H,23,26)(H2,22,24,25);1H. The van der Waals surface area contributed by atoms with E-state index in [9.17, 15) is 4.79 Å². The molecule has 0 unspecified atom stereocenters. The van der Waals surface area contributed by atoms with Crippen molar-refractivity contribution in [3.05, 3.63) is 52.2 Å². The van der Waals surface area contributed by atoms with E-state index in [-0.39, 0.29) is 35.3 Å². The molecule has 160 valence electrons. The van der Waals surface area contributed by atoms with Gasteiger partial charge in [-0.1, -0.05) is 19.9 Å². The average Bonchev–Trinajstić information content (AvgIpc) is 3.25. The van der Waals surface area contributed by atoms with Crippen LogP contribution in [0, 0.1) is 0 Å². The normalized spacial score (nSPS) is 11.4. The van der Waals surface area contributed by atoms with Gasteiger partial charge in [0.25, 0.3) is 5.91 Å². The molecule has 1 aromatic heterocycles. The Morgan fingerprint density at radius 1 is 1.10 bits per heavy atom. The fraction of sp³-hybridized carbons (Fsp3) is 0.429. The Bertz CT molecular complexity index is 761. The molecule has 0 aliphatic heterocycles. The molecule has 29 heavy (non-hydrogen) atoms. The summed E-state index contributed by atoms with van der Waals surface area (Å²) in [5.41, 5.74) is 0.595. The topological polar surface area (TPSA) is 74.8 Å². The number of thiophene rings is 1. The van der Waals surface area contributed by atoms with Crippen LogP contribution >= 0.6 is 35.3 Å². The smallest absolute Gasteiger partial charge is 0.251 e. The van der Waals surface area contributed by atoms with Crippen molar-refractivity contribution in [2.75, 3.05) is 33.3 Å². The molecule has 1 aromatic carbocycles. The summed E-state index contributed by atoms with van der Waals surface area (Å²) in [7, 11) is 1.60. The minimum atomic E-state index is -0.106. The van der Waals surface area contributed by atoms with Gasteiger partial charge in [-0.25, -0.2) is 0 Å². The van der Waals surface area contributed by atoms with Gasteiger partial charge in [0.05, 0.1) is 13.7 Å². The van der Waals surface area contributed by atoms with E-state index in [2.05, 4.69) is 47.3 Å². The minimum Gasteiger partial charge on any atom is -0.497 e. The second kappa shape index (κ2) is 12.7. The maximum Gasteiger partial charge on any atom is 0.251 e. The molecule has 0 radical (unpaired) electrons. The molecule has 0 saturated carbocycles. The summed E-state index contributed by atoms with van der Waals surface area (Å²) in [4.78, 5) is 18.2. The molecule has 0 saturated heterocycles. The van der Waals surface area contributed by atoms with Crippen molar-refractivity contribution >= 4 is 47.2 Å². The quantitative estimate of drug-likeness (QED) is 0.200. The molecule has 2 aromatic rings. The molecule has 1 amide bonds. The van der Waals surface area contributed by atoms with E-state index in [1.807, 2.05) is 6.92 Å². The number of carbonyl (C=O) groups is 1. The molecule has 6 nitrogen and oxygen atoms in total. The SMILES string of the molecule is CCNC(=NCC(C)(C)c1cccs1)NCCNC(=O)c1ccc(OC)cc1.I. The number of hydrogen-bond acceptors (Lipinski definition) is 4. The van der Waals surface area contributed by atoms with E-state index in [0.29, 0.717) is 25.2 Å². The van der Waals surface area contributed by atoms with Crippen LogP contribution in [0.25, 0.3) is 0 Å². The molecule has 0 fully saturated rings. The zero-order chi connectivity index (χ0) is 20.4. The third kappa shape index (κ3) is 8.22. The van der Waals surface area contributed by atoms with E-state index >= 15 is 0 Å². The third-order valence-corrected chi connectivity index (χ3v) is 5.46. The lowest BCUT2D eigenvalue weighted by atomic mass is 9.92. The number of hydrogen-bond donors (Lipinski definition) is 3. The second-order valence-electron chi connectivity index (χ2n) is 6.97. The molecular formula is C21H31IN4O2S. The molecule has 0 aliphatic rings. The minimum absolute atomic E-state index is 0. The van der Waals surface area contributed by atoms with Gasteiger partial charge >= 0.3 is 0 Å². The van der Waals surface area contributed by atoms with Crippen molar-refractivity contribution in [2.24, 2.45) is 4.99 Å². The number of benzene rings is 1. The van der Waals surface area contributed by atoms with Crippen molar-refractivity contribution in [3.63, 3.8) is 0 Å². The number of aliphatic imine (C=N–C) groups is 1. The summed E-state index contributed by atoms with van der Waals surface area (Å²) < 4.78 is 5.11. The predicted molar refractivity (Wildman–Crippen MR) is 132 cm³/mol. The second-order valence-corrected chi connectivity index (χ2v) is 7.92. The molecule has 0 spiro atoms. The van der Waals surface area contributed by atoms with Crippen LogP contribution in [-0.2, 0) is 5.41 Å². The maximum absolute atomic E-state index is 12.2. The zero-order valence-electron chi connectivity index (χ0n) is 17.5. The van der Waals surface area contributed by atoms with Gasteiger partial charge in [0.2, 0.25) is 0 Å². The first-order valence-corrected chi connectivity index (χ1v) is 10.3. The molecule has 2 rings (SSSR count). The van der Waals surface area contributed by atoms with Gasteiger partial charge < -0.3 is 20.7 Å². The molecule has 0 aliphatic carbocycles. The average molecular weight is 530 g/mol. The zero-order valence-corrected chi connectivity index (χ0v) is 20.6. The predicted octanol–water partition coefficient (Wildman–Crippen LogP) is 3.64. The summed E-state index contributed by atoms with van der Waals surface area (Å²) in [6.45, 7) is 8.98. The first kappa shape index (κ1) is 25.2. The lowest BCUT2D eigenvalue weighted by molar-refractivity contribution is 0.0954. The fourth-order valence-corrected chi connectivity index (χ4v) is 3.41. The first-order chi connectivity index (χ1) is 13.5. The molecular weight excluding hydrogens is 499 g/mol. The highest BCUT2D eigenvalue weighted by molar-refractivity contribution is 14.0. The summed E-state index contributed by atoms with van der Waals surface area (Å²) in [6.07, 6.45) is 0. The highest BCUT2D eigenvalue weighted by Gasteiger charge is 2.21. The fourth-order valence-electron chi connectivity index (χ4n) is 2.56. The number of amides is 1. The monoisotopic (exact) mass is 530 g/mol. The van der Waals surface area contributed by atoms with E-state index < -0.39 is 0 Å². The highest BCUT2D eigenvalue weighted by atomic mass is 127. The number of carbonyl (C=O) groups excluding carboxylic acids is 1. The van der Waals surface area contributed by atoms with Crippen LogP contribution in [0.15, 0.2) is 46.8 Å². The number of nitrogens with zero attached hydrogens (tertiary/aromatic N) is 1. The van der Waals surface area contributed by atoms with Gasteiger partial charge in [-0.05, 0) is 42.6 Å². The molecule has 1 heterocycles. The largest absolute Gasteiger partial charge is 0.497 e. The molecule has 8 heteroatoms. The number of nitrogens with one attached hydrogen (secondary N) is 3. The van der Waals surface area contributed by atoms with Crippen LogP contribution in [0.1, 0.15) is 36.0 Å². The van der Waals surface area contributed by atoms with Crippen LogP contribution < -0.4 is 20.7 Å². The molecule has 0 atom stereocenters. The van der Waals surface area contributed by atoms with Crippen LogP contribution in [0.5, 0.6) is 5.75 Å². The number of rotatable bonds is 9. The molecule has 0 bridgehead atoms. The lowest BCUT2D eigenvalue weighted by Gasteiger charge is -2.22. The third-order valence-electron chi connectivity index (χ3n) is 4.22. The Morgan fingerprint density at radius 2 is 1.79 bits per heavy atom. The van der Waals surface area contributed by atoms with Crippen LogP contribution in [0.4, 0.5) is 0 Å². The van der Waals surface area contributed by atoms with E-state index in [1.165, 1.54) is 4.88 Å². The van der Waals surface area contributed by atoms with Gasteiger partial charge in [-0.2, -0.15) is 0 Å². The van der Waals surface area contributed by atoms with Crippen LogP contribution in [-0.4, -0.2) is 45.2 Å². The van der Waals surface area contributed by atoms with Gasteiger partial charge in [0.1, 0.15) is 5.75 Å². The number of ether oxygens (including phenoxy) is 1. The van der Waals surface area contributed by atoms with E-state index in [1.54, 1.807) is 42.7 Å². The van der Waals surface area contributed by atoms with Crippen LogP contribution in [0.3, 0.4) is 0 Å². The van der Waals surface area contributed by atoms with Crippen molar-refractivity contribution < 1.29 is 9.53 Å². The van der Waals surface area contributed by atoms with Crippen molar-refractivity contribution in [1.82, 2.24) is 16.0 Å². The lowest BCUT2D eigenvalue weighted by Crippen LogP contribution is -2.42. The Hall–Kier alpha value is -1.81. The summed E-state index contributed by atoms with van der Waals surface area (Å²) in [5, 5.41) is 11.5. The van der Waals surface area contributed by atoms with Gasteiger partial charge in [-0.15, -0.1) is 35.3 Å². The Morgan fingerprint density at radius 3 is 2.38 bits per heavy atom. The van der Waals surface area contributed by atoms with Crippen LogP contribution in [0.2, 0.25) is 0 Å². The van der Waals surface area contributed by atoms with Gasteiger partial charge in [0, 0.05) is 35.5 Å². The summed E-state index contributed by atoms with van der Waals surface area (Å²) in [5.74, 6) is 1.38. The number of methoxy groups -OCH3 is 1. The summed E-state index contributed by atoms with van der Waals surface area (Å²) in [6, 6.07) is 11.3. The summed E-state index contributed by atoms with van der Waals surface area (Å²) >= 11 is 1.75. The highest BCUT2D eigenvalue weighted by Crippen LogP contribution is 2.27. The first-order valence-electron chi connectivity index (χ1n) is 9.44. The maximum atomic E-state index is 12.2. The van der Waals surface area contributed by atoms with E-state index in [4.69, 9.17) is 9.73 Å². The Balaban J connectivity index is 0.00000420. The van der Waals surface area contributed by atoms with E-state index in [0.717, 1.165) is 18.3 Å².